The first-order valence-corrected chi connectivity index (χ1v) is 9.84. The van der Waals surface area contributed by atoms with E-state index in [1.165, 1.54) is 18.5 Å². The molecule has 1 fully saturated rings. The van der Waals surface area contributed by atoms with Gasteiger partial charge in [0.15, 0.2) is 0 Å². The molecule has 0 spiro atoms. The average Bonchev–Trinajstić information content (AvgIpc) is 3.45. The lowest BCUT2D eigenvalue weighted by molar-refractivity contribution is 0.141. The van der Waals surface area contributed by atoms with Crippen molar-refractivity contribution in [2.75, 3.05) is 18.5 Å². The Bertz CT molecular complexity index is 1190. The minimum absolute atomic E-state index is 0.0167. The predicted molar refractivity (Wildman–Crippen MR) is 112 cm³/mol. The molecule has 0 saturated carbocycles. The molecule has 4 aromatic rings. The number of hydrogen-bond acceptors (Lipinski definition) is 6. The molecule has 0 aliphatic carbocycles. The van der Waals surface area contributed by atoms with Crippen LogP contribution in [-0.4, -0.2) is 29.3 Å². The minimum atomic E-state index is -0.479. The Hall–Kier alpha value is -3.16. The summed E-state index contributed by atoms with van der Waals surface area (Å²) in [5, 5.41) is 3.98. The molecular formula is C22H17ClFN3O3. The molecule has 1 aliphatic heterocycles. The van der Waals surface area contributed by atoms with E-state index in [4.69, 9.17) is 25.5 Å². The lowest BCUT2D eigenvalue weighted by Crippen LogP contribution is -2.16. The van der Waals surface area contributed by atoms with Gasteiger partial charge in [-0.3, -0.25) is 0 Å². The first-order chi connectivity index (χ1) is 14.7. The number of nitrogens with zero attached hydrogens (tertiary/aromatic N) is 2. The van der Waals surface area contributed by atoms with Crippen LogP contribution in [-0.2, 0) is 4.74 Å². The van der Waals surface area contributed by atoms with Crippen LogP contribution in [0.1, 0.15) is 6.42 Å². The summed E-state index contributed by atoms with van der Waals surface area (Å²) in [6.45, 7) is 1.24. The van der Waals surface area contributed by atoms with E-state index >= 15 is 0 Å². The summed E-state index contributed by atoms with van der Waals surface area (Å²) in [5.41, 5.74) is 2.10. The number of benzene rings is 2. The Labute approximate surface area is 176 Å². The summed E-state index contributed by atoms with van der Waals surface area (Å²) in [4.78, 5) is 8.75. The number of nitrogens with one attached hydrogen (secondary N) is 1. The number of aromatic nitrogens is 2. The van der Waals surface area contributed by atoms with E-state index in [0.717, 1.165) is 17.4 Å². The van der Waals surface area contributed by atoms with E-state index in [1.807, 2.05) is 24.3 Å². The Morgan fingerprint density at radius 2 is 2.10 bits per heavy atom. The maximum absolute atomic E-state index is 13.5. The molecule has 6 nitrogen and oxygen atoms in total. The van der Waals surface area contributed by atoms with Gasteiger partial charge in [-0.2, -0.15) is 0 Å². The first kappa shape index (κ1) is 18.8. The Balaban J connectivity index is 1.59. The maximum Gasteiger partial charge on any atom is 0.141 e. The second kappa shape index (κ2) is 7.93. The highest BCUT2D eigenvalue weighted by molar-refractivity contribution is 6.31. The summed E-state index contributed by atoms with van der Waals surface area (Å²) >= 11 is 5.91. The fraction of sp³-hybridized carbons (Fsp3) is 0.182. The predicted octanol–water partition coefficient (Wildman–Crippen LogP) is 5.59. The lowest BCUT2D eigenvalue weighted by Gasteiger charge is -2.16. The fourth-order valence-corrected chi connectivity index (χ4v) is 3.58. The molecule has 0 radical (unpaired) electrons. The van der Waals surface area contributed by atoms with E-state index in [0.29, 0.717) is 41.7 Å². The summed E-state index contributed by atoms with van der Waals surface area (Å²) in [5.74, 6) is 1.42. The van der Waals surface area contributed by atoms with Gasteiger partial charge in [0, 0.05) is 23.6 Å². The quantitative estimate of drug-likeness (QED) is 0.449. The third kappa shape index (κ3) is 3.69. The highest BCUT2D eigenvalue weighted by Gasteiger charge is 2.21. The number of ether oxygens (including phenoxy) is 2. The summed E-state index contributed by atoms with van der Waals surface area (Å²) in [7, 11) is 0. The first-order valence-electron chi connectivity index (χ1n) is 9.46. The average molecular weight is 426 g/mol. The van der Waals surface area contributed by atoms with Crippen molar-refractivity contribution in [1.82, 2.24) is 9.97 Å². The van der Waals surface area contributed by atoms with Crippen LogP contribution in [0, 0.1) is 5.82 Å². The van der Waals surface area contributed by atoms with Gasteiger partial charge in [0.2, 0.25) is 0 Å². The van der Waals surface area contributed by atoms with E-state index in [2.05, 4.69) is 15.3 Å². The second-order valence-corrected chi connectivity index (χ2v) is 7.33. The van der Waals surface area contributed by atoms with Gasteiger partial charge in [-0.05, 0) is 36.4 Å². The van der Waals surface area contributed by atoms with E-state index in [9.17, 15) is 4.39 Å². The summed E-state index contributed by atoms with van der Waals surface area (Å²) in [6, 6.07) is 11.9. The van der Waals surface area contributed by atoms with Crippen molar-refractivity contribution in [3.05, 3.63) is 65.9 Å². The second-order valence-electron chi connectivity index (χ2n) is 6.92. The van der Waals surface area contributed by atoms with Gasteiger partial charge in [0.05, 0.1) is 35.6 Å². The lowest BCUT2D eigenvalue weighted by atomic mass is 10.1. The zero-order valence-electron chi connectivity index (χ0n) is 15.8. The molecule has 2 aromatic carbocycles. The Kier molecular flexibility index (Phi) is 4.98. The molecule has 1 atom stereocenters. The van der Waals surface area contributed by atoms with Gasteiger partial charge in [-0.1, -0.05) is 11.6 Å². The van der Waals surface area contributed by atoms with Crippen molar-refractivity contribution in [1.29, 1.82) is 0 Å². The van der Waals surface area contributed by atoms with Crippen molar-refractivity contribution < 1.29 is 18.3 Å². The van der Waals surface area contributed by atoms with Crippen LogP contribution in [0.3, 0.4) is 0 Å². The molecule has 1 saturated heterocycles. The van der Waals surface area contributed by atoms with Gasteiger partial charge in [-0.25, -0.2) is 14.4 Å². The Morgan fingerprint density at radius 1 is 1.17 bits per heavy atom. The largest absolute Gasteiger partial charge is 0.487 e. The molecule has 1 unspecified atom stereocenters. The molecule has 152 valence electrons. The van der Waals surface area contributed by atoms with E-state index in [1.54, 1.807) is 12.3 Å². The molecule has 0 bridgehead atoms. The van der Waals surface area contributed by atoms with E-state index < -0.39 is 5.82 Å². The highest BCUT2D eigenvalue weighted by atomic mass is 35.5. The van der Waals surface area contributed by atoms with E-state index in [-0.39, 0.29) is 11.1 Å². The monoisotopic (exact) mass is 425 g/mol. The molecule has 0 amide bonds. The van der Waals surface area contributed by atoms with Crippen LogP contribution in [0.4, 0.5) is 15.9 Å². The molecule has 3 heterocycles. The molecule has 8 heteroatoms. The van der Waals surface area contributed by atoms with Crippen LogP contribution in [0.5, 0.6) is 5.75 Å². The smallest absolute Gasteiger partial charge is 0.141 e. The fourth-order valence-electron chi connectivity index (χ4n) is 3.40. The van der Waals surface area contributed by atoms with Crippen LogP contribution in [0.25, 0.3) is 22.2 Å². The summed E-state index contributed by atoms with van der Waals surface area (Å²) < 4.78 is 30.8. The van der Waals surface area contributed by atoms with Crippen molar-refractivity contribution in [3.8, 4) is 17.1 Å². The SMILES string of the molecule is Fc1ccc(Nc2ncnc3cc(OC4CCOC4)c(-c4ccco4)cc23)cc1Cl. The molecule has 2 aromatic heterocycles. The Morgan fingerprint density at radius 3 is 2.87 bits per heavy atom. The number of furan rings is 1. The molecule has 1 N–H and O–H groups in total. The zero-order valence-corrected chi connectivity index (χ0v) is 16.5. The maximum atomic E-state index is 13.5. The van der Waals surface area contributed by atoms with Crippen LogP contribution in [0.2, 0.25) is 5.02 Å². The normalized spacial score (nSPS) is 16.1. The van der Waals surface area contributed by atoms with Crippen molar-refractivity contribution >= 4 is 34.0 Å². The topological polar surface area (TPSA) is 69.4 Å². The molecule has 30 heavy (non-hydrogen) atoms. The number of fused-ring (bicyclic) bond motifs is 1. The van der Waals surface area contributed by atoms with Crippen molar-refractivity contribution in [2.24, 2.45) is 0 Å². The number of hydrogen-bond donors (Lipinski definition) is 1. The van der Waals surface area contributed by atoms with Crippen LogP contribution < -0.4 is 10.1 Å². The third-order valence-electron chi connectivity index (χ3n) is 4.89. The van der Waals surface area contributed by atoms with Gasteiger partial charge in [0.25, 0.3) is 0 Å². The highest BCUT2D eigenvalue weighted by Crippen LogP contribution is 2.37. The standard InChI is InChI=1S/C22H17ClFN3O3/c23-17-8-13(3-4-18(17)24)27-22-15-9-16(20-2-1-6-29-20)21(10-19(15)25-12-26-22)30-14-5-7-28-11-14/h1-4,6,8-10,12,14H,5,7,11H2,(H,25,26,27). The zero-order chi connectivity index (χ0) is 20.5. The van der Waals surface area contributed by atoms with Gasteiger partial charge in [0.1, 0.15) is 35.6 Å². The molecular weight excluding hydrogens is 409 g/mol. The van der Waals surface area contributed by atoms with Crippen molar-refractivity contribution in [3.63, 3.8) is 0 Å². The summed E-state index contributed by atoms with van der Waals surface area (Å²) in [6.07, 6.45) is 3.89. The third-order valence-corrected chi connectivity index (χ3v) is 5.18. The van der Waals surface area contributed by atoms with Gasteiger partial charge in [-0.15, -0.1) is 0 Å². The molecule has 5 rings (SSSR count). The van der Waals surface area contributed by atoms with Crippen LogP contribution in [0.15, 0.2) is 59.5 Å². The van der Waals surface area contributed by atoms with Gasteiger partial charge >= 0.3 is 0 Å². The number of rotatable bonds is 5. The van der Waals surface area contributed by atoms with Gasteiger partial charge < -0.3 is 19.2 Å². The minimum Gasteiger partial charge on any atom is -0.487 e. The number of anilines is 2. The van der Waals surface area contributed by atoms with Crippen LogP contribution >= 0.6 is 11.6 Å². The number of halogens is 2. The molecule has 1 aliphatic rings. The van der Waals surface area contributed by atoms with Crippen molar-refractivity contribution in [2.45, 2.75) is 12.5 Å².